The zero-order chi connectivity index (χ0) is 26.5. The zero-order valence-corrected chi connectivity index (χ0v) is 22.6. The molecular weight excluding hydrogens is 523 g/mol. The minimum absolute atomic E-state index is 0.134. The van der Waals surface area contributed by atoms with Gasteiger partial charge in [0.1, 0.15) is 36.7 Å². The number of aryl methyl sites for hydroxylation is 1. The molecule has 2 aromatic carbocycles. The van der Waals surface area contributed by atoms with Gasteiger partial charge in [-0.15, -0.1) is 11.6 Å². The Morgan fingerprint density at radius 3 is 2.39 bits per heavy atom. The monoisotopic (exact) mass is 548 g/mol. The van der Waals surface area contributed by atoms with E-state index < -0.39 is 15.4 Å². The number of aromatic nitrogens is 2. The summed E-state index contributed by atoms with van der Waals surface area (Å²) in [5.74, 6) is 1.85. The fourth-order valence-corrected chi connectivity index (χ4v) is 4.40. The Bertz CT molecular complexity index is 1390. The van der Waals surface area contributed by atoms with E-state index in [9.17, 15) is 13.7 Å². The van der Waals surface area contributed by atoms with E-state index >= 15 is 0 Å². The van der Waals surface area contributed by atoms with Crippen LogP contribution in [0, 0.1) is 18.3 Å². The summed E-state index contributed by atoms with van der Waals surface area (Å²) >= 11 is 12.1. The second-order valence-electron chi connectivity index (χ2n) is 8.59. The molecular formula is C25H26Cl2N4O4S. The minimum atomic E-state index is -3.45. The first kappa shape index (κ1) is 27.5. The first-order valence-electron chi connectivity index (χ1n) is 10.9. The third kappa shape index (κ3) is 7.00. The molecule has 0 aliphatic rings. The summed E-state index contributed by atoms with van der Waals surface area (Å²) in [5.41, 5.74) is 2.27. The molecule has 1 heterocycles. The third-order valence-electron chi connectivity index (χ3n) is 5.35. The Labute approximate surface area is 221 Å². The van der Waals surface area contributed by atoms with E-state index in [0.717, 1.165) is 17.4 Å². The van der Waals surface area contributed by atoms with Gasteiger partial charge in [-0.3, -0.25) is 4.72 Å². The lowest BCUT2D eigenvalue weighted by Crippen LogP contribution is -2.19. The Hall–Kier alpha value is -3.06. The van der Waals surface area contributed by atoms with Crippen molar-refractivity contribution in [2.45, 2.75) is 32.8 Å². The molecule has 190 valence electrons. The summed E-state index contributed by atoms with van der Waals surface area (Å²) < 4.78 is 36.7. The van der Waals surface area contributed by atoms with Crippen LogP contribution < -0.4 is 14.2 Å². The highest BCUT2D eigenvalue weighted by Crippen LogP contribution is 2.38. The number of benzene rings is 2. The van der Waals surface area contributed by atoms with Gasteiger partial charge in [0, 0.05) is 11.5 Å². The molecule has 0 unspecified atom stereocenters. The van der Waals surface area contributed by atoms with Crippen LogP contribution in [0.3, 0.4) is 0 Å². The molecule has 36 heavy (non-hydrogen) atoms. The normalized spacial score (nSPS) is 11.6. The lowest BCUT2D eigenvalue weighted by molar-refractivity contribution is 0.300. The van der Waals surface area contributed by atoms with E-state index in [1.165, 1.54) is 6.07 Å². The topological polar surface area (TPSA) is 114 Å². The highest BCUT2D eigenvalue weighted by atomic mass is 35.5. The summed E-state index contributed by atoms with van der Waals surface area (Å²) in [6, 6.07) is 14.8. The maximum atomic E-state index is 11.5. The van der Waals surface area contributed by atoms with E-state index in [1.54, 1.807) is 19.1 Å². The molecule has 11 heteroatoms. The molecule has 0 saturated heterocycles. The van der Waals surface area contributed by atoms with E-state index in [4.69, 9.17) is 32.7 Å². The Kier molecular flexibility index (Phi) is 8.67. The van der Waals surface area contributed by atoms with Gasteiger partial charge in [0.05, 0.1) is 28.4 Å². The molecule has 0 saturated carbocycles. The van der Waals surface area contributed by atoms with Gasteiger partial charge in [0.25, 0.3) is 0 Å². The lowest BCUT2D eigenvalue weighted by Gasteiger charge is -2.27. The molecule has 0 aliphatic carbocycles. The molecule has 0 atom stereocenters. The third-order valence-corrected chi connectivity index (χ3v) is 6.37. The Balaban J connectivity index is 1.77. The van der Waals surface area contributed by atoms with Crippen molar-refractivity contribution in [1.82, 2.24) is 9.97 Å². The van der Waals surface area contributed by atoms with Crippen molar-refractivity contribution in [1.29, 1.82) is 5.26 Å². The SMILES string of the molecule is Cc1nc(COc2ccc(C(C)(C)c3cc(Cl)c(OCCCl)c(C#N)c3)cc2)cc(NS(C)(=O)=O)n1. The van der Waals surface area contributed by atoms with Gasteiger partial charge in [0.15, 0.2) is 5.75 Å². The zero-order valence-electron chi connectivity index (χ0n) is 20.3. The minimum Gasteiger partial charge on any atom is -0.489 e. The van der Waals surface area contributed by atoms with Gasteiger partial charge in [0.2, 0.25) is 10.0 Å². The van der Waals surface area contributed by atoms with Crippen molar-refractivity contribution < 1.29 is 17.9 Å². The van der Waals surface area contributed by atoms with E-state index in [-0.39, 0.29) is 19.0 Å². The van der Waals surface area contributed by atoms with E-state index in [1.807, 2.05) is 38.1 Å². The van der Waals surface area contributed by atoms with E-state index in [2.05, 4.69) is 20.8 Å². The van der Waals surface area contributed by atoms with Crippen LogP contribution in [0.5, 0.6) is 11.5 Å². The maximum Gasteiger partial charge on any atom is 0.230 e. The number of ether oxygens (including phenoxy) is 2. The van der Waals surface area contributed by atoms with Crippen LogP contribution in [0.4, 0.5) is 5.82 Å². The average molecular weight is 549 g/mol. The van der Waals surface area contributed by atoms with Gasteiger partial charge in [-0.2, -0.15) is 5.26 Å². The second kappa shape index (κ2) is 11.3. The van der Waals surface area contributed by atoms with Crippen LogP contribution in [0.1, 0.15) is 42.1 Å². The van der Waals surface area contributed by atoms with Crippen molar-refractivity contribution in [3.63, 3.8) is 0 Å². The Morgan fingerprint density at radius 1 is 1.08 bits per heavy atom. The number of hydrogen-bond donors (Lipinski definition) is 1. The van der Waals surface area contributed by atoms with Gasteiger partial charge in [-0.1, -0.05) is 37.6 Å². The number of hydrogen-bond acceptors (Lipinski definition) is 7. The molecule has 0 amide bonds. The number of halogens is 2. The molecule has 0 fully saturated rings. The molecule has 0 spiro atoms. The molecule has 0 radical (unpaired) electrons. The summed E-state index contributed by atoms with van der Waals surface area (Å²) in [6.45, 7) is 6.14. The van der Waals surface area contributed by atoms with Crippen LogP contribution >= 0.6 is 23.2 Å². The largest absolute Gasteiger partial charge is 0.489 e. The molecule has 0 bridgehead atoms. The molecule has 3 aromatic rings. The second-order valence-corrected chi connectivity index (χ2v) is 11.1. The summed E-state index contributed by atoms with van der Waals surface area (Å²) in [6.07, 6.45) is 1.06. The van der Waals surface area contributed by atoms with E-state index in [0.29, 0.717) is 39.5 Å². The van der Waals surface area contributed by atoms with Crippen LogP contribution in [-0.4, -0.2) is 37.1 Å². The molecule has 1 N–H and O–H groups in total. The lowest BCUT2D eigenvalue weighted by atomic mass is 9.77. The van der Waals surface area contributed by atoms with Crippen molar-refractivity contribution in [2.75, 3.05) is 23.5 Å². The number of sulfonamides is 1. The first-order valence-corrected chi connectivity index (χ1v) is 13.7. The summed E-state index contributed by atoms with van der Waals surface area (Å²) in [4.78, 5) is 8.38. The smallest absolute Gasteiger partial charge is 0.230 e. The van der Waals surface area contributed by atoms with Crippen LogP contribution in [0.25, 0.3) is 0 Å². The number of nitriles is 1. The van der Waals surface area contributed by atoms with Gasteiger partial charge in [-0.25, -0.2) is 18.4 Å². The van der Waals surface area contributed by atoms with Crippen LogP contribution in [0.15, 0.2) is 42.5 Å². The fraction of sp³-hybridized carbons (Fsp3) is 0.320. The van der Waals surface area contributed by atoms with Crippen LogP contribution in [0.2, 0.25) is 5.02 Å². The van der Waals surface area contributed by atoms with Gasteiger partial charge in [-0.05, 0) is 42.3 Å². The standard InChI is InChI=1S/C25H26Cl2N4O4S/c1-16-29-20(13-23(30-16)31-36(4,32)33)15-35-21-7-5-18(6-8-21)25(2,3)19-11-17(14-28)24(22(27)12-19)34-10-9-26/h5-8,11-13H,9-10,15H2,1-4H3,(H,29,30,31). The van der Waals surface area contributed by atoms with Crippen molar-refractivity contribution in [3.8, 4) is 17.6 Å². The van der Waals surface area contributed by atoms with Gasteiger partial charge >= 0.3 is 0 Å². The number of rotatable bonds is 10. The van der Waals surface area contributed by atoms with Crippen LogP contribution in [-0.2, 0) is 22.0 Å². The molecule has 1 aromatic heterocycles. The number of nitrogens with one attached hydrogen (secondary N) is 1. The quantitative estimate of drug-likeness (QED) is 0.346. The van der Waals surface area contributed by atoms with Crippen molar-refractivity contribution in [3.05, 3.63) is 75.7 Å². The highest BCUT2D eigenvalue weighted by Gasteiger charge is 2.26. The Morgan fingerprint density at radius 2 is 1.78 bits per heavy atom. The molecule has 8 nitrogen and oxygen atoms in total. The van der Waals surface area contributed by atoms with Crippen molar-refractivity contribution >= 4 is 39.0 Å². The molecule has 3 rings (SSSR count). The highest BCUT2D eigenvalue weighted by molar-refractivity contribution is 7.92. The average Bonchev–Trinajstić information content (AvgIpc) is 2.80. The molecule has 0 aliphatic heterocycles. The summed E-state index contributed by atoms with van der Waals surface area (Å²) in [5, 5.41) is 9.95. The predicted molar refractivity (Wildman–Crippen MR) is 141 cm³/mol. The van der Waals surface area contributed by atoms with Crippen molar-refractivity contribution in [2.24, 2.45) is 0 Å². The fourth-order valence-electron chi connectivity index (χ4n) is 3.56. The predicted octanol–water partition coefficient (Wildman–Crippen LogP) is 5.20. The first-order chi connectivity index (χ1) is 16.9. The summed E-state index contributed by atoms with van der Waals surface area (Å²) in [7, 11) is -3.45. The maximum absolute atomic E-state index is 11.5. The van der Waals surface area contributed by atoms with Gasteiger partial charge < -0.3 is 9.47 Å². The number of alkyl halides is 1. The number of nitrogens with zero attached hydrogens (tertiary/aromatic N) is 3. The number of anilines is 1.